The van der Waals surface area contributed by atoms with Crippen molar-refractivity contribution >= 4 is 15.5 Å². The number of sulfone groups is 1. The van der Waals surface area contributed by atoms with E-state index < -0.39 is 9.84 Å². The summed E-state index contributed by atoms with van der Waals surface area (Å²) in [7, 11) is -3.09. The molecule has 0 aliphatic heterocycles. The number of rotatable bonds is 6. The van der Waals surface area contributed by atoms with Gasteiger partial charge in [-0.05, 0) is 23.8 Å². The lowest BCUT2D eigenvalue weighted by Gasteiger charge is -2.10. The zero-order valence-electron chi connectivity index (χ0n) is 13.3. The van der Waals surface area contributed by atoms with Gasteiger partial charge in [-0.3, -0.25) is 0 Å². The monoisotopic (exact) mass is 342 g/mol. The predicted molar refractivity (Wildman–Crippen MR) is 93.7 cm³/mol. The van der Waals surface area contributed by atoms with Crippen LogP contribution in [0.1, 0.15) is 11.3 Å². The molecule has 0 radical (unpaired) electrons. The van der Waals surface area contributed by atoms with Crippen molar-refractivity contribution < 1.29 is 8.42 Å². The zero-order valence-corrected chi connectivity index (χ0v) is 14.1. The second-order valence-corrected chi connectivity index (χ2v) is 7.68. The van der Waals surface area contributed by atoms with Crippen LogP contribution in [-0.4, -0.2) is 29.7 Å². The standard InChI is InChI=1S/C17H18N4O2S/c1-24(22,23)13-14-7-5-6-10-17(14)18-11-15-12-19-21(20-15)16-8-3-2-4-9-16/h2-10,12,18H,11,13H2,1H3. The summed E-state index contributed by atoms with van der Waals surface area (Å²) in [4.78, 5) is 1.57. The second-order valence-electron chi connectivity index (χ2n) is 5.54. The molecule has 1 N–H and O–H groups in total. The summed E-state index contributed by atoms with van der Waals surface area (Å²) in [5, 5.41) is 11.9. The maximum Gasteiger partial charge on any atom is 0.151 e. The number of hydrogen-bond donors (Lipinski definition) is 1. The highest BCUT2D eigenvalue weighted by atomic mass is 32.2. The molecule has 3 aromatic rings. The van der Waals surface area contributed by atoms with Crippen LogP contribution in [0.2, 0.25) is 0 Å². The van der Waals surface area contributed by atoms with Crippen LogP contribution in [0.5, 0.6) is 0 Å². The van der Waals surface area contributed by atoms with Crippen LogP contribution < -0.4 is 5.32 Å². The van der Waals surface area contributed by atoms with E-state index in [2.05, 4.69) is 15.5 Å². The molecule has 0 amide bonds. The third kappa shape index (κ3) is 4.20. The van der Waals surface area contributed by atoms with Crippen molar-refractivity contribution in [1.82, 2.24) is 15.0 Å². The number of benzene rings is 2. The Morgan fingerprint density at radius 2 is 1.75 bits per heavy atom. The van der Waals surface area contributed by atoms with Crippen LogP contribution in [0.3, 0.4) is 0 Å². The molecule has 7 heteroatoms. The summed E-state index contributed by atoms with van der Waals surface area (Å²) in [6.45, 7) is 0.466. The number of nitrogens with one attached hydrogen (secondary N) is 1. The quantitative estimate of drug-likeness (QED) is 0.744. The van der Waals surface area contributed by atoms with Crippen molar-refractivity contribution in [3.8, 4) is 5.69 Å². The summed E-state index contributed by atoms with van der Waals surface area (Å²) in [5.41, 5.74) is 3.20. The van der Waals surface area contributed by atoms with Gasteiger partial charge in [0, 0.05) is 11.9 Å². The van der Waals surface area contributed by atoms with Crippen molar-refractivity contribution in [3.63, 3.8) is 0 Å². The van der Waals surface area contributed by atoms with E-state index in [0.717, 1.165) is 22.6 Å². The van der Waals surface area contributed by atoms with Crippen molar-refractivity contribution in [1.29, 1.82) is 0 Å². The Bertz CT molecular complexity index is 921. The Hall–Kier alpha value is -2.67. The normalized spacial score (nSPS) is 11.4. The van der Waals surface area contributed by atoms with Gasteiger partial charge in [-0.15, -0.1) is 0 Å². The van der Waals surface area contributed by atoms with Gasteiger partial charge in [0.15, 0.2) is 9.84 Å². The zero-order chi connectivity index (χ0) is 17.0. The molecule has 6 nitrogen and oxygen atoms in total. The Kier molecular flexibility index (Phi) is 4.61. The molecule has 2 aromatic carbocycles. The molecule has 0 spiro atoms. The van der Waals surface area contributed by atoms with Crippen LogP contribution in [0, 0.1) is 0 Å². The van der Waals surface area contributed by atoms with E-state index in [0.29, 0.717) is 6.54 Å². The van der Waals surface area contributed by atoms with Crippen molar-refractivity contribution in [3.05, 3.63) is 72.1 Å². The lowest BCUT2D eigenvalue weighted by molar-refractivity contribution is 0.601. The summed E-state index contributed by atoms with van der Waals surface area (Å²) in [5.74, 6) is 0.00682. The van der Waals surface area contributed by atoms with Gasteiger partial charge in [-0.25, -0.2) is 8.42 Å². The summed E-state index contributed by atoms with van der Waals surface area (Å²) < 4.78 is 23.1. The molecule has 0 saturated heterocycles. The van der Waals surface area contributed by atoms with Crippen LogP contribution in [0.25, 0.3) is 5.69 Å². The Balaban J connectivity index is 1.72. The average Bonchev–Trinajstić information content (AvgIpc) is 3.02. The molecule has 3 rings (SSSR count). The minimum absolute atomic E-state index is 0.00682. The van der Waals surface area contributed by atoms with Crippen molar-refractivity contribution in [2.75, 3.05) is 11.6 Å². The number of anilines is 1. The molecule has 0 bridgehead atoms. The molecule has 1 aromatic heterocycles. The van der Waals surface area contributed by atoms with Gasteiger partial charge < -0.3 is 5.32 Å². The minimum Gasteiger partial charge on any atom is -0.379 e. The van der Waals surface area contributed by atoms with E-state index >= 15 is 0 Å². The maximum absolute atomic E-state index is 11.5. The van der Waals surface area contributed by atoms with E-state index in [-0.39, 0.29) is 5.75 Å². The molecule has 1 heterocycles. The van der Waals surface area contributed by atoms with E-state index in [1.165, 1.54) is 6.26 Å². The van der Waals surface area contributed by atoms with Gasteiger partial charge in [-0.2, -0.15) is 15.0 Å². The Labute approximate surface area is 141 Å². The van der Waals surface area contributed by atoms with Gasteiger partial charge in [0.1, 0.15) is 5.69 Å². The van der Waals surface area contributed by atoms with E-state index in [4.69, 9.17) is 0 Å². The highest BCUT2D eigenvalue weighted by Crippen LogP contribution is 2.18. The van der Waals surface area contributed by atoms with E-state index in [9.17, 15) is 8.42 Å². The Morgan fingerprint density at radius 3 is 2.50 bits per heavy atom. The van der Waals surface area contributed by atoms with Crippen LogP contribution in [0.4, 0.5) is 5.69 Å². The minimum atomic E-state index is -3.09. The first-order valence-electron chi connectivity index (χ1n) is 7.47. The molecule has 0 saturated carbocycles. The number of para-hydroxylation sites is 2. The van der Waals surface area contributed by atoms with Crippen LogP contribution in [-0.2, 0) is 22.1 Å². The molecule has 0 aliphatic rings. The topological polar surface area (TPSA) is 76.9 Å². The van der Waals surface area contributed by atoms with Gasteiger partial charge >= 0.3 is 0 Å². The predicted octanol–water partition coefficient (Wildman–Crippen LogP) is 2.42. The molecule has 0 atom stereocenters. The maximum atomic E-state index is 11.5. The first-order valence-corrected chi connectivity index (χ1v) is 9.53. The lowest BCUT2D eigenvalue weighted by Crippen LogP contribution is -2.07. The summed E-state index contributed by atoms with van der Waals surface area (Å²) in [6.07, 6.45) is 2.93. The molecule has 24 heavy (non-hydrogen) atoms. The third-order valence-electron chi connectivity index (χ3n) is 3.42. The number of aromatic nitrogens is 3. The molecule has 0 aliphatic carbocycles. The largest absolute Gasteiger partial charge is 0.379 e. The van der Waals surface area contributed by atoms with E-state index in [1.807, 2.05) is 54.6 Å². The van der Waals surface area contributed by atoms with Gasteiger partial charge in [0.05, 0.1) is 24.2 Å². The van der Waals surface area contributed by atoms with Gasteiger partial charge in [-0.1, -0.05) is 36.4 Å². The van der Waals surface area contributed by atoms with Gasteiger partial charge in [0.2, 0.25) is 0 Å². The van der Waals surface area contributed by atoms with Crippen molar-refractivity contribution in [2.45, 2.75) is 12.3 Å². The first kappa shape index (κ1) is 16.2. The second kappa shape index (κ2) is 6.84. The number of hydrogen-bond acceptors (Lipinski definition) is 5. The average molecular weight is 342 g/mol. The highest BCUT2D eigenvalue weighted by Gasteiger charge is 2.09. The van der Waals surface area contributed by atoms with Gasteiger partial charge in [0.25, 0.3) is 0 Å². The first-order chi connectivity index (χ1) is 11.5. The number of nitrogens with zero attached hydrogens (tertiary/aromatic N) is 3. The molecule has 0 fully saturated rings. The summed E-state index contributed by atoms with van der Waals surface area (Å²) >= 11 is 0. The fourth-order valence-corrected chi connectivity index (χ4v) is 3.16. The highest BCUT2D eigenvalue weighted by molar-refractivity contribution is 7.89. The molecule has 0 unspecified atom stereocenters. The Morgan fingerprint density at radius 1 is 1.04 bits per heavy atom. The van der Waals surface area contributed by atoms with Crippen LogP contribution in [0.15, 0.2) is 60.8 Å². The fourth-order valence-electron chi connectivity index (χ4n) is 2.35. The smallest absolute Gasteiger partial charge is 0.151 e. The third-order valence-corrected chi connectivity index (χ3v) is 4.26. The van der Waals surface area contributed by atoms with Crippen molar-refractivity contribution in [2.24, 2.45) is 0 Å². The fraction of sp³-hybridized carbons (Fsp3) is 0.176. The van der Waals surface area contributed by atoms with E-state index in [1.54, 1.807) is 11.0 Å². The molecular weight excluding hydrogens is 324 g/mol. The summed E-state index contributed by atoms with van der Waals surface area (Å²) in [6, 6.07) is 17.0. The lowest BCUT2D eigenvalue weighted by atomic mass is 10.2. The SMILES string of the molecule is CS(=O)(=O)Cc1ccccc1NCc1cnn(-c2ccccc2)n1. The van der Waals surface area contributed by atoms with Crippen LogP contribution >= 0.6 is 0 Å². The molecule has 124 valence electrons. The molecular formula is C17H18N4O2S.